The quantitative estimate of drug-likeness (QED) is 0.570. The molecule has 0 spiro atoms. The van der Waals surface area contributed by atoms with Crippen LogP contribution >= 0.6 is 0 Å². The van der Waals surface area contributed by atoms with Gasteiger partial charge in [-0.1, -0.05) is 39.1 Å². The monoisotopic (exact) mass is 178 g/mol. The van der Waals surface area contributed by atoms with Crippen LogP contribution in [-0.2, 0) is 0 Å². The fraction of sp³-hybridized carbons (Fsp3) is 0.545. The molecule has 0 aromatic rings. The molecule has 1 rings (SSSR count). The molecule has 1 aliphatic carbocycles. The summed E-state index contributed by atoms with van der Waals surface area (Å²) in [7, 11) is -0.233. The topological polar surface area (TPSA) is 0 Å². The standard InChI is InChI=1S/C11H18Si/c1-5-9-7-11(12(3)4)8-10(9)6-2/h7-8H,5-6H2,1-4H3. The highest BCUT2D eigenvalue weighted by Gasteiger charge is 2.09. The molecule has 0 saturated carbocycles. The van der Waals surface area contributed by atoms with E-state index in [-0.39, 0.29) is 8.41 Å². The third-order valence-corrected chi connectivity index (χ3v) is 3.85. The highest BCUT2D eigenvalue weighted by Crippen LogP contribution is 2.22. The molecule has 0 aromatic carbocycles. The third kappa shape index (κ3) is 1.83. The molecule has 66 valence electrons. The summed E-state index contributed by atoms with van der Waals surface area (Å²) in [5, 5.41) is 1.61. The Morgan fingerprint density at radius 2 is 1.42 bits per heavy atom. The van der Waals surface area contributed by atoms with Crippen LogP contribution in [0.5, 0.6) is 0 Å². The van der Waals surface area contributed by atoms with Crippen LogP contribution in [0.1, 0.15) is 26.7 Å². The summed E-state index contributed by atoms with van der Waals surface area (Å²) < 4.78 is 0. The summed E-state index contributed by atoms with van der Waals surface area (Å²) in [6, 6.07) is 0. The van der Waals surface area contributed by atoms with Crippen molar-refractivity contribution in [1.29, 1.82) is 0 Å². The van der Waals surface area contributed by atoms with Gasteiger partial charge in [0.25, 0.3) is 0 Å². The van der Waals surface area contributed by atoms with E-state index in [0.717, 1.165) is 0 Å². The molecule has 12 heavy (non-hydrogen) atoms. The van der Waals surface area contributed by atoms with Crippen LogP contribution < -0.4 is 0 Å². The molecule has 0 atom stereocenters. The maximum Gasteiger partial charge on any atom is 0.0128 e. The minimum absolute atomic E-state index is 0.233. The van der Waals surface area contributed by atoms with E-state index in [1.807, 2.05) is 0 Å². The number of rotatable bonds is 2. The van der Waals surface area contributed by atoms with E-state index in [0.29, 0.717) is 0 Å². The molecule has 0 unspecified atom stereocenters. The van der Waals surface area contributed by atoms with E-state index >= 15 is 0 Å². The van der Waals surface area contributed by atoms with Crippen molar-refractivity contribution in [2.24, 2.45) is 0 Å². The van der Waals surface area contributed by atoms with Gasteiger partial charge in [-0.15, -0.1) is 0 Å². The summed E-state index contributed by atoms with van der Waals surface area (Å²) in [6.07, 6.45) is 7.21. The molecular weight excluding hydrogens is 160 g/mol. The van der Waals surface area contributed by atoms with Gasteiger partial charge < -0.3 is 0 Å². The second-order valence-corrected chi connectivity index (χ2v) is 6.08. The highest BCUT2D eigenvalue weighted by atomic mass is 28.2. The van der Waals surface area contributed by atoms with Crippen molar-refractivity contribution < 1.29 is 0 Å². The Labute approximate surface area is 77.2 Å². The van der Waals surface area contributed by atoms with Crippen LogP contribution in [0.25, 0.3) is 0 Å². The van der Waals surface area contributed by atoms with E-state index in [9.17, 15) is 0 Å². The molecule has 0 amide bonds. The molecule has 0 N–H and O–H groups in total. The molecule has 0 aliphatic heterocycles. The minimum atomic E-state index is -0.233. The van der Waals surface area contributed by atoms with Crippen molar-refractivity contribution in [2.45, 2.75) is 39.8 Å². The van der Waals surface area contributed by atoms with Gasteiger partial charge in [-0.3, -0.25) is 0 Å². The summed E-state index contributed by atoms with van der Waals surface area (Å²) >= 11 is 0. The first kappa shape index (κ1) is 9.65. The average Bonchev–Trinajstić information content (AvgIpc) is 2.46. The van der Waals surface area contributed by atoms with Crippen molar-refractivity contribution in [1.82, 2.24) is 0 Å². The van der Waals surface area contributed by atoms with Gasteiger partial charge in [0, 0.05) is 8.41 Å². The van der Waals surface area contributed by atoms with E-state index in [4.69, 9.17) is 0 Å². The number of allylic oxidation sites excluding steroid dienone is 4. The Hall–Kier alpha value is -0.433. The Bertz CT molecular complexity index is 241. The summed E-state index contributed by atoms with van der Waals surface area (Å²) in [5.74, 6) is 0. The summed E-state index contributed by atoms with van der Waals surface area (Å²) in [6.45, 7) is 9.21. The fourth-order valence-corrected chi connectivity index (χ4v) is 2.48. The van der Waals surface area contributed by atoms with Gasteiger partial charge in [0.2, 0.25) is 0 Å². The number of hydrogen-bond acceptors (Lipinski definition) is 0. The molecule has 1 aliphatic rings. The van der Waals surface area contributed by atoms with E-state index in [1.165, 1.54) is 12.8 Å². The Morgan fingerprint density at radius 1 is 1.00 bits per heavy atom. The lowest BCUT2D eigenvalue weighted by atomic mass is 10.1. The van der Waals surface area contributed by atoms with Crippen LogP contribution in [0.3, 0.4) is 0 Å². The van der Waals surface area contributed by atoms with Gasteiger partial charge in [0.05, 0.1) is 0 Å². The summed E-state index contributed by atoms with van der Waals surface area (Å²) in [4.78, 5) is 0. The zero-order chi connectivity index (χ0) is 9.14. The van der Waals surface area contributed by atoms with Gasteiger partial charge in [0.1, 0.15) is 0 Å². The first-order chi connectivity index (χ1) is 5.69. The molecule has 0 fully saturated rings. The van der Waals surface area contributed by atoms with Gasteiger partial charge >= 0.3 is 0 Å². The lowest BCUT2D eigenvalue weighted by Gasteiger charge is -1.99. The molecule has 0 bridgehead atoms. The van der Waals surface area contributed by atoms with Crippen LogP contribution in [0.2, 0.25) is 13.1 Å². The molecule has 0 radical (unpaired) electrons. The van der Waals surface area contributed by atoms with Crippen molar-refractivity contribution in [3.05, 3.63) is 23.3 Å². The van der Waals surface area contributed by atoms with Crippen molar-refractivity contribution in [3.63, 3.8) is 0 Å². The van der Waals surface area contributed by atoms with E-state index < -0.39 is 0 Å². The van der Waals surface area contributed by atoms with Crippen LogP contribution in [-0.4, -0.2) is 13.6 Å². The molecule has 0 aromatic heterocycles. The normalized spacial score (nSPS) is 16.2. The Morgan fingerprint density at radius 3 is 1.67 bits per heavy atom. The van der Waals surface area contributed by atoms with Crippen molar-refractivity contribution in [2.75, 3.05) is 0 Å². The maximum atomic E-state index is 2.41. The lowest BCUT2D eigenvalue weighted by Crippen LogP contribution is -2.00. The van der Waals surface area contributed by atoms with Gasteiger partial charge in [-0.2, -0.15) is 0 Å². The summed E-state index contributed by atoms with van der Waals surface area (Å²) in [5.41, 5.74) is 3.14. The number of hydrogen-bond donors (Lipinski definition) is 0. The van der Waals surface area contributed by atoms with Crippen LogP contribution in [0, 0.1) is 0 Å². The zero-order valence-corrected chi connectivity index (χ0v) is 9.57. The predicted molar refractivity (Wildman–Crippen MR) is 59.2 cm³/mol. The SMILES string of the molecule is CCC1=CC(=[Si](C)C)C=C1CC. The van der Waals surface area contributed by atoms with E-state index in [1.54, 1.807) is 16.3 Å². The maximum absolute atomic E-state index is 2.41. The smallest absolute Gasteiger partial charge is 0.0128 e. The lowest BCUT2D eigenvalue weighted by molar-refractivity contribution is 1.04. The molecule has 0 nitrogen and oxygen atoms in total. The van der Waals surface area contributed by atoms with Crippen molar-refractivity contribution in [3.8, 4) is 0 Å². The second kappa shape index (κ2) is 3.99. The van der Waals surface area contributed by atoms with Crippen LogP contribution in [0.4, 0.5) is 0 Å². The first-order valence-corrected chi connectivity index (χ1v) is 7.28. The predicted octanol–water partition coefficient (Wildman–Crippen LogP) is 3.18. The third-order valence-electron chi connectivity index (χ3n) is 2.41. The van der Waals surface area contributed by atoms with Crippen molar-refractivity contribution >= 4 is 13.6 Å². The zero-order valence-electron chi connectivity index (χ0n) is 8.57. The van der Waals surface area contributed by atoms with Crippen LogP contribution in [0.15, 0.2) is 23.3 Å². The van der Waals surface area contributed by atoms with Gasteiger partial charge in [0.15, 0.2) is 0 Å². The highest BCUT2D eigenvalue weighted by molar-refractivity contribution is 6.73. The molecule has 1 heteroatoms. The largest absolute Gasteiger partial charge is 0.0613 e. The van der Waals surface area contributed by atoms with Gasteiger partial charge in [-0.05, 0) is 29.2 Å². The molecule has 0 heterocycles. The molecular formula is C11H18Si. The average molecular weight is 178 g/mol. The van der Waals surface area contributed by atoms with Gasteiger partial charge in [-0.25, -0.2) is 0 Å². The second-order valence-electron chi connectivity index (χ2n) is 3.50. The Kier molecular flexibility index (Phi) is 3.21. The van der Waals surface area contributed by atoms with E-state index in [2.05, 4.69) is 39.1 Å². The Balaban J connectivity index is 3.00. The minimum Gasteiger partial charge on any atom is -0.0613 e. The first-order valence-electron chi connectivity index (χ1n) is 4.78. The fourth-order valence-electron chi connectivity index (χ4n) is 1.55. The molecule has 0 saturated heterocycles.